The molecule has 0 aliphatic rings. The maximum absolute atomic E-state index is 11.1. The molecule has 0 aliphatic heterocycles. The molecule has 18 heavy (non-hydrogen) atoms. The Morgan fingerprint density at radius 2 is 2.28 bits per heavy atom. The second-order valence-electron chi connectivity index (χ2n) is 3.94. The van der Waals surface area contributed by atoms with E-state index in [0.29, 0.717) is 24.3 Å². The second kappa shape index (κ2) is 6.50. The van der Waals surface area contributed by atoms with E-state index in [1.165, 1.54) is 6.92 Å². The summed E-state index contributed by atoms with van der Waals surface area (Å²) in [5.74, 6) is -0.154. The number of nitrogens with two attached hydrogens (primary N) is 1. The van der Waals surface area contributed by atoms with E-state index in [9.17, 15) is 4.79 Å². The van der Waals surface area contributed by atoms with Crippen molar-refractivity contribution in [3.63, 3.8) is 0 Å². The van der Waals surface area contributed by atoms with Gasteiger partial charge in [0.15, 0.2) is 0 Å². The predicted octanol–water partition coefficient (Wildman–Crippen LogP) is 1.97. The van der Waals surface area contributed by atoms with Crippen molar-refractivity contribution in [1.82, 2.24) is 0 Å². The lowest BCUT2D eigenvalue weighted by Crippen LogP contribution is -2.23. The summed E-state index contributed by atoms with van der Waals surface area (Å²) in [5, 5.41) is 11.3. The molecule has 0 unspecified atom stereocenters. The van der Waals surface area contributed by atoms with Gasteiger partial charge in [0, 0.05) is 25.7 Å². The van der Waals surface area contributed by atoms with Crippen LogP contribution in [0, 0.1) is 11.3 Å². The number of carbonyl (C=O) groups is 1. The Balaban J connectivity index is 2.95. The van der Waals surface area contributed by atoms with E-state index in [0.717, 1.165) is 12.2 Å². The van der Waals surface area contributed by atoms with Crippen LogP contribution in [0.1, 0.15) is 20.3 Å². The molecule has 0 saturated carbocycles. The van der Waals surface area contributed by atoms with E-state index in [4.69, 9.17) is 11.0 Å². The minimum absolute atomic E-state index is 0.154. The van der Waals surface area contributed by atoms with Crippen molar-refractivity contribution in [1.29, 1.82) is 5.26 Å². The standard InChI is InChI=1S/C13H18N4O/c1-3-17(8-4-7-14)11-5-6-12(15)13(9-11)16-10(2)18/h5-6,9H,3-4,8,15H2,1-2H3,(H,16,18). The van der Waals surface area contributed by atoms with Gasteiger partial charge in [0.2, 0.25) is 5.91 Å². The van der Waals surface area contributed by atoms with E-state index in [-0.39, 0.29) is 5.91 Å². The Labute approximate surface area is 107 Å². The number of nitrogens with zero attached hydrogens (tertiary/aromatic N) is 2. The molecule has 1 amide bonds. The third kappa shape index (κ3) is 3.67. The average Bonchev–Trinajstić information content (AvgIpc) is 2.33. The molecule has 0 aliphatic carbocycles. The fourth-order valence-electron chi connectivity index (χ4n) is 1.69. The Bertz CT molecular complexity index is 465. The summed E-state index contributed by atoms with van der Waals surface area (Å²) >= 11 is 0. The Morgan fingerprint density at radius 1 is 1.56 bits per heavy atom. The van der Waals surface area contributed by atoms with Crippen molar-refractivity contribution >= 4 is 23.0 Å². The van der Waals surface area contributed by atoms with Gasteiger partial charge in [-0.1, -0.05) is 0 Å². The highest BCUT2D eigenvalue weighted by molar-refractivity contribution is 5.93. The van der Waals surface area contributed by atoms with Crippen LogP contribution in [0.5, 0.6) is 0 Å². The number of carbonyl (C=O) groups excluding carboxylic acids is 1. The Kier molecular flexibility index (Phi) is 5.00. The van der Waals surface area contributed by atoms with Crippen LogP contribution < -0.4 is 16.0 Å². The van der Waals surface area contributed by atoms with Crippen LogP contribution in [-0.4, -0.2) is 19.0 Å². The summed E-state index contributed by atoms with van der Waals surface area (Å²) in [6.07, 6.45) is 0.466. The summed E-state index contributed by atoms with van der Waals surface area (Å²) in [5.41, 5.74) is 7.88. The van der Waals surface area contributed by atoms with Crippen LogP contribution in [0.25, 0.3) is 0 Å². The number of benzene rings is 1. The minimum Gasteiger partial charge on any atom is -0.397 e. The molecular weight excluding hydrogens is 228 g/mol. The van der Waals surface area contributed by atoms with Crippen molar-refractivity contribution in [2.45, 2.75) is 20.3 Å². The van der Waals surface area contributed by atoms with Crippen LogP contribution in [0.2, 0.25) is 0 Å². The lowest BCUT2D eigenvalue weighted by molar-refractivity contribution is -0.114. The highest BCUT2D eigenvalue weighted by Gasteiger charge is 2.07. The number of nitriles is 1. The first-order chi connectivity index (χ1) is 8.58. The molecule has 1 rings (SSSR count). The third-order valence-electron chi connectivity index (χ3n) is 2.59. The fourth-order valence-corrected chi connectivity index (χ4v) is 1.69. The molecule has 1 aromatic carbocycles. The van der Waals surface area contributed by atoms with E-state index >= 15 is 0 Å². The normalized spacial score (nSPS) is 9.61. The molecule has 0 atom stereocenters. The average molecular weight is 246 g/mol. The highest BCUT2D eigenvalue weighted by atomic mass is 16.1. The van der Waals surface area contributed by atoms with Gasteiger partial charge in [-0.05, 0) is 25.1 Å². The molecule has 0 radical (unpaired) electrons. The first-order valence-electron chi connectivity index (χ1n) is 5.87. The molecule has 0 fully saturated rings. The van der Waals surface area contributed by atoms with Gasteiger partial charge in [0.05, 0.1) is 23.9 Å². The Morgan fingerprint density at radius 3 is 2.83 bits per heavy atom. The predicted molar refractivity (Wildman–Crippen MR) is 73.3 cm³/mol. The lowest BCUT2D eigenvalue weighted by Gasteiger charge is -2.23. The zero-order chi connectivity index (χ0) is 13.5. The first-order valence-corrected chi connectivity index (χ1v) is 5.87. The molecule has 96 valence electrons. The monoisotopic (exact) mass is 246 g/mol. The van der Waals surface area contributed by atoms with Crippen LogP contribution in [-0.2, 0) is 4.79 Å². The number of hydrogen-bond acceptors (Lipinski definition) is 4. The van der Waals surface area contributed by atoms with Gasteiger partial charge in [-0.25, -0.2) is 0 Å². The van der Waals surface area contributed by atoms with Crippen molar-refractivity contribution in [3.8, 4) is 6.07 Å². The molecule has 1 aromatic rings. The maximum atomic E-state index is 11.1. The number of nitrogens with one attached hydrogen (secondary N) is 1. The SMILES string of the molecule is CCN(CCC#N)c1ccc(N)c(NC(C)=O)c1. The molecule has 3 N–H and O–H groups in total. The number of nitrogen functional groups attached to an aromatic ring is 1. The fraction of sp³-hybridized carbons (Fsp3) is 0.385. The van der Waals surface area contributed by atoms with E-state index < -0.39 is 0 Å². The van der Waals surface area contributed by atoms with E-state index in [2.05, 4.69) is 16.3 Å². The summed E-state index contributed by atoms with van der Waals surface area (Å²) in [6, 6.07) is 7.61. The number of hydrogen-bond donors (Lipinski definition) is 2. The van der Waals surface area contributed by atoms with Gasteiger partial charge in [0.1, 0.15) is 0 Å². The van der Waals surface area contributed by atoms with Crippen LogP contribution in [0.3, 0.4) is 0 Å². The van der Waals surface area contributed by atoms with Gasteiger partial charge in [-0.3, -0.25) is 4.79 Å². The molecule has 5 heteroatoms. The van der Waals surface area contributed by atoms with Crippen LogP contribution >= 0.6 is 0 Å². The molecule has 0 bridgehead atoms. The van der Waals surface area contributed by atoms with Crippen molar-refractivity contribution in [2.75, 3.05) is 29.0 Å². The van der Waals surface area contributed by atoms with Gasteiger partial charge in [-0.15, -0.1) is 0 Å². The van der Waals surface area contributed by atoms with Crippen molar-refractivity contribution < 1.29 is 4.79 Å². The van der Waals surface area contributed by atoms with E-state index in [1.54, 1.807) is 6.07 Å². The van der Waals surface area contributed by atoms with Crippen LogP contribution in [0.15, 0.2) is 18.2 Å². The molecule has 0 heterocycles. The number of anilines is 3. The topological polar surface area (TPSA) is 82.2 Å². The zero-order valence-corrected chi connectivity index (χ0v) is 10.7. The van der Waals surface area contributed by atoms with Crippen molar-refractivity contribution in [2.24, 2.45) is 0 Å². The highest BCUT2D eigenvalue weighted by Crippen LogP contribution is 2.25. The number of rotatable bonds is 5. The zero-order valence-electron chi connectivity index (χ0n) is 10.7. The molecule has 0 spiro atoms. The van der Waals surface area contributed by atoms with Gasteiger partial charge in [-0.2, -0.15) is 5.26 Å². The summed E-state index contributed by atoms with van der Waals surface area (Å²) in [7, 11) is 0. The largest absolute Gasteiger partial charge is 0.397 e. The minimum atomic E-state index is -0.154. The second-order valence-corrected chi connectivity index (χ2v) is 3.94. The maximum Gasteiger partial charge on any atom is 0.221 e. The molecule has 0 saturated heterocycles. The van der Waals surface area contributed by atoms with Crippen molar-refractivity contribution in [3.05, 3.63) is 18.2 Å². The summed E-state index contributed by atoms with van der Waals surface area (Å²) < 4.78 is 0. The van der Waals surface area contributed by atoms with E-state index in [1.807, 2.05) is 19.1 Å². The Hall–Kier alpha value is -2.22. The quantitative estimate of drug-likeness (QED) is 0.778. The van der Waals surface area contributed by atoms with Gasteiger partial charge in [0.25, 0.3) is 0 Å². The first kappa shape index (κ1) is 13.8. The third-order valence-corrected chi connectivity index (χ3v) is 2.59. The molecule has 0 aromatic heterocycles. The summed E-state index contributed by atoms with van der Waals surface area (Å²) in [4.78, 5) is 13.1. The molecule has 5 nitrogen and oxygen atoms in total. The smallest absolute Gasteiger partial charge is 0.221 e. The van der Waals surface area contributed by atoms with Gasteiger partial charge >= 0.3 is 0 Å². The summed E-state index contributed by atoms with van der Waals surface area (Å²) in [6.45, 7) is 4.92. The van der Waals surface area contributed by atoms with Gasteiger partial charge < -0.3 is 16.0 Å². The molecular formula is C13H18N4O. The van der Waals surface area contributed by atoms with Crippen LogP contribution in [0.4, 0.5) is 17.1 Å². The number of amides is 1. The lowest BCUT2D eigenvalue weighted by atomic mass is 10.2.